The van der Waals surface area contributed by atoms with Crippen molar-refractivity contribution < 1.29 is 4.79 Å². The molecule has 2 nitrogen and oxygen atoms in total. The maximum atomic E-state index is 11.3. The van der Waals surface area contributed by atoms with Crippen LogP contribution in [-0.4, -0.2) is 30.8 Å². The van der Waals surface area contributed by atoms with Crippen molar-refractivity contribution in [2.45, 2.75) is 6.92 Å². The zero-order valence-corrected chi connectivity index (χ0v) is 7.05. The Balaban J connectivity index is 2.63. The first-order valence-corrected chi connectivity index (χ1v) is 3.69. The Morgan fingerprint density at radius 1 is 1.73 bits per heavy atom. The monoisotopic (exact) mass is 151 g/mol. The summed E-state index contributed by atoms with van der Waals surface area (Å²) in [7, 11) is 2.00. The molecule has 0 saturated carbocycles. The van der Waals surface area contributed by atoms with Gasteiger partial charge in [-0.1, -0.05) is 12.7 Å². The summed E-state index contributed by atoms with van der Waals surface area (Å²) in [5, 5.41) is 0. The number of hydrogen-bond donors (Lipinski definition) is 0. The van der Waals surface area contributed by atoms with Crippen LogP contribution in [0.5, 0.6) is 0 Å². The molecule has 0 aromatic carbocycles. The van der Waals surface area contributed by atoms with Gasteiger partial charge in [0.05, 0.1) is 0 Å². The molecule has 1 rings (SSSR count). The van der Waals surface area contributed by atoms with E-state index in [1.807, 2.05) is 13.1 Å². The number of likely N-dealkylation sites (N-methyl/N-ethyl adjacent to an activating group) is 1. The molecule has 0 aromatic rings. The largest absolute Gasteiger partial charge is 0.298 e. The summed E-state index contributed by atoms with van der Waals surface area (Å²) < 4.78 is 0. The van der Waals surface area contributed by atoms with Gasteiger partial charge in [-0.2, -0.15) is 0 Å². The van der Waals surface area contributed by atoms with E-state index in [0.29, 0.717) is 5.57 Å². The minimum absolute atomic E-state index is 0.106. The maximum absolute atomic E-state index is 11.3. The quantitative estimate of drug-likeness (QED) is 0.549. The first kappa shape index (κ1) is 8.21. The molecule has 0 unspecified atom stereocenters. The number of carbonyl (C=O) groups excluding carboxylic acids is 1. The summed E-state index contributed by atoms with van der Waals surface area (Å²) >= 11 is 0. The zero-order valence-electron chi connectivity index (χ0n) is 7.05. The third-order valence-electron chi connectivity index (χ3n) is 1.77. The molecular weight excluding hydrogens is 138 g/mol. The topological polar surface area (TPSA) is 20.3 Å². The van der Waals surface area contributed by atoms with Crippen LogP contribution in [0.4, 0.5) is 0 Å². The minimum atomic E-state index is 0.106. The van der Waals surface area contributed by atoms with Gasteiger partial charge in [0.2, 0.25) is 0 Å². The van der Waals surface area contributed by atoms with Crippen molar-refractivity contribution >= 4 is 5.78 Å². The summed E-state index contributed by atoms with van der Waals surface area (Å²) in [5.74, 6) is 0.106. The molecule has 0 saturated heterocycles. The normalized spacial score (nSPS) is 18.2. The molecule has 0 aromatic heterocycles. The van der Waals surface area contributed by atoms with Gasteiger partial charge < -0.3 is 0 Å². The molecule has 1 heterocycles. The fourth-order valence-electron chi connectivity index (χ4n) is 1.12. The van der Waals surface area contributed by atoms with Crippen molar-refractivity contribution in [1.29, 1.82) is 0 Å². The minimum Gasteiger partial charge on any atom is -0.298 e. The Hall–Kier alpha value is -0.890. The number of carbonyl (C=O) groups is 1. The van der Waals surface area contributed by atoms with Gasteiger partial charge in [-0.3, -0.25) is 9.69 Å². The third-order valence-corrected chi connectivity index (χ3v) is 1.77. The van der Waals surface area contributed by atoms with Gasteiger partial charge in [0.1, 0.15) is 0 Å². The Labute approximate surface area is 67.2 Å². The molecule has 0 atom stereocenters. The van der Waals surface area contributed by atoms with Crippen molar-refractivity contribution in [3.8, 4) is 0 Å². The molecule has 1 aliphatic rings. The third kappa shape index (κ3) is 1.77. The Bertz CT molecular complexity index is 228. The Morgan fingerprint density at radius 3 is 2.73 bits per heavy atom. The summed E-state index contributed by atoms with van der Waals surface area (Å²) in [5.41, 5.74) is 1.52. The van der Waals surface area contributed by atoms with E-state index in [0.717, 1.165) is 18.7 Å². The molecule has 11 heavy (non-hydrogen) atoms. The second kappa shape index (κ2) is 3.01. The van der Waals surface area contributed by atoms with Crippen molar-refractivity contribution in [3.05, 3.63) is 23.8 Å². The van der Waals surface area contributed by atoms with Crippen LogP contribution in [0, 0.1) is 0 Å². The van der Waals surface area contributed by atoms with Crippen LogP contribution in [0.1, 0.15) is 6.92 Å². The molecule has 60 valence electrons. The van der Waals surface area contributed by atoms with Crippen molar-refractivity contribution in [2.24, 2.45) is 0 Å². The molecule has 1 aliphatic heterocycles. The highest BCUT2D eigenvalue weighted by molar-refractivity contribution is 6.07. The van der Waals surface area contributed by atoms with Crippen LogP contribution in [-0.2, 0) is 4.79 Å². The highest BCUT2D eigenvalue weighted by Crippen LogP contribution is 2.10. The molecular formula is C9H13NO. The molecule has 0 fully saturated rings. The predicted molar refractivity (Wildman–Crippen MR) is 45.4 cm³/mol. The van der Waals surface area contributed by atoms with Gasteiger partial charge in [-0.15, -0.1) is 0 Å². The van der Waals surface area contributed by atoms with Gasteiger partial charge in [-0.25, -0.2) is 0 Å². The molecule has 0 aliphatic carbocycles. The Kier molecular flexibility index (Phi) is 2.25. The number of Topliss-reactive ketones (excluding diaryl/α,β-unsaturated/α-hetero) is 1. The van der Waals surface area contributed by atoms with Gasteiger partial charge >= 0.3 is 0 Å². The maximum Gasteiger partial charge on any atom is 0.185 e. The van der Waals surface area contributed by atoms with Crippen LogP contribution < -0.4 is 0 Å². The van der Waals surface area contributed by atoms with E-state index in [9.17, 15) is 4.79 Å². The number of hydrogen-bond acceptors (Lipinski definition) is 2. The van der Waals surface area contributed by atoms with Gasteiger partial charge in [0.15, 0.2) is 5.78 Å². The molecule has 2 heteroatoms. The lowest BCUT2D eigenvalue weighted by Gasteiger charge is -2.06. The molecule has 0 radical (unpaired) electrons. The second-order valence-corrected chi connectivity index (χ2v) is 3.04. The highest BCUT2D eigenvalue weighted by atomic mass is 16.1. The fourth-order valence-corrected chi connectivity index (χ4v) is 1.12. The lowest BCUT2D eigenvalue weighted by molar-refractivity contribution is -0.112. The molecule has 0 bridgehead atoms. The van der Waals surface area contributed by atoms with E-state index in [1.165, 1.54) is 0 Å². The fraction of sp³-hybridized carbons (Fsp3) is 0.444. The lowest BCUT2D eigenvalue weighted by atomic mass is 10.1. The first-order valence-electron chi connectivity index (χ1n) is 3.69. The van der Waals surface area contributed by atoms with Crippen LogP contribution in [0.25, 0.3) is 0 Å². The van der Waals surface area contributed by atoms with E-state index in [-0.39, 0.29) is 5.78 Å². The SMILES string of the molecule is C=C(C)C(=O)C1=CCN(C)C1. The number of ketones is 1. The lowest BCUT2D eigenvalue weighted by Crippen LogP contribution is -2.16. The van der Waals surface area contributed by atoms with Crippen LogP contribution in [0.2, 0.25) is 0 Å². The van der Waals surface area contributed by atoms with Crippen molar-refractivity contribution in [1.82, 2.24) is 4.90 Å². The average Bonchev–Trinajstić information content (AvgIpc) is 2.34. The van der Waals surface area contributed by atoms with Crippen molar-refractivity contribution in [3.63, 3.8) is 0 Å². The Morgan fingerprint density at radius 2 is 2.36 bits per heavy atom. The van der Waals surface area contributed by atoms with E-state index in [4.69, 9.17) is 0 Å². The summed E-state index contributed by atoms with van der Waals surface area (Å²) in [6.07, 6.45) is 1.97. The van der Waals surface area contributed by atoms with Crippen LogP contribution in [0.3, 0.4) is 0 Å². The van der Waals surface area contributed by atoms with Gasteiger partial charge in [0, 0.05) is 18.7 Å². The van der Waals surface area contributed by atoms with Crippen molar-refractivity contribution in [2.75, 3.05) is 20.1 Å². The highest BCUT2D eigenvalue weighted by Gasteiger charge is 2.16. The number of nitrogens with zero attached hydrogens (tertiary/aromatic N) is 1. The van der Waals surface area contributed by atoms with Gasteiger partial charge in [0.25, 0.3) is 0 Å². The smallest absolute Gasteiger partial charge is 0.185 e. The number of rotatable bonds is 2. The summed E-state index contributed by atoms with van der Waals surface area (Å²) in [6.45, 7) is 7.02. The predicted octanol–water partition coefficient (Wildman–Crippen LogP) is 1.00. The van der Waals surface area contributed by atoms with E-state index < -0.39 is 0 Å². The van der Waals surface area contributed by atoms with Crippen LogP contribution in [0.15, 0.2) is 23.8 Å². The van der Waals surface area contributed by atoms with E-state index in [2.05, 4.69) is 11.5 Å². The van der Waals surface area contributed by atoms with E-state index in [1.54, 1.807) is 6.92 Å². The molecule has 0 N–H and O–H groups in total. The summed E-state index contributed by atoms with van der Waals surface area (Å²) in [4.78, 5) is 13.4. The average molecular weight is 151 g/mol. The zero-order chi connectivity index (χ0) is 8.43. The first-order chi connectivity index (χ1) is 5.11. The molecule has 0 spiro atoms. The second-order valence-electron chi connectivity index (χ2n) is 3.04. The molecule has 0 amide bonds. The standard InChI is InChI=1S/C9H13NO/c1-7(2)9(11)8-4-5-10(3)6-8/h4H,1,5-6H2,2-3H3. The van der Waals surface area contributed by atoms with Gasteiger partial charge in [-0.05, 0) is 19.5 Å². The number of allylic oxidation sites excluding steroid dienone is 1. The van der Waals surface area contributed by atoms with E-state index >= 15 is 0 Å². The van der Waals surface area contributed by atoms with Crippen LogP contribution >= 0.6 is 0 Å². The summed E-state index contributed by atoms with van der Waals surface area (Å²) in [6, 6.07) is 0.